The van der Waals surface area contributed by atoms with Gasteiger partial charge in [0, 0.05) is 6.07 Å². The van der Waals surface area contributed by atoms with Gasteiger partial charge in [0.15, 0.2) is 11.5 Å². The van der Waals surface area contributed by atoms with Crippen molar-refractivity contribution in [3.63, 3.8) is 0 Å². The highest BCUT2D eigenvalue weighted by Crippen LogP contribution is 2.34. The standard InChI is InChI=1S/C9H8N2O4/c1-2-15-8-4-7(11(13)14)3-6(5-10)9(8)12/h3-4,12H,2H2,1H3. The molecule has 0 atom stereocenters. The number of nitriles is 1. The average molecular weight is 208 g/mol. The van der Waals surface area contributed by atoms with Crippen LogP contribution < -0.4 is 4.74 Å². The summed E-state index contributed by atoms with van der Waals surface area (Å²) in [6, 6.07) is 3.74. The molecule has 0 radical (unpaired) electrons. The highest BCUT2D eigenvalue weighted by Gasteiger charge is 2.16. The lowest BCUT2D eigenvalue weighted by molar-refractivity contribution is -0.385. The summed E-state index contributed by atoms with van der Waals surface area (Å²) in [5, 5.41) is 28.6. The van der Waals surface area contributed by atoms with Crippen molar-refractivity contribution in [2.45, 2.75) is 6.92 Å². The lowest BCUT2D eigenvalue weighted by Gasteiger charge is -2.06. The molecule has 1 aromatic rings. The second-order valence-corrected chi connectivity index (χ2v) is 2.64. The Bertz CT molecular complexity index is 436. The maximum absolute atomic E-state index is 10.5. The molecule has 0 spiro atoms. The van der Waals surface area contributed by atoms with Gasteiger partial charge in [0.1, 0.15) is 11.6 Å². The summed E-state index contributed by atoms with van der Waals surface area (Å²) < 4.78 is 4.96. The lowest BCUT2D eigenvalue weighted by Crippen LogP contribution is -1.96. The molecule has 0 unspecified atom stereocenters. The Morgan fingerprint density at radius 1 is 1.67 bits per heavy atom. The number of benzene rings is 1. The molecule has 15 heavy (non-hydrogen) atoms. The van der Waals surface area contributed by atoms with Crippen molar-refractivity contribution in [2.24, 2.45) is 0 Å². The van der Waals surface area contributed by atoms with Crippen molar-refractivity contribution in [2.75, 3.05) is 6.61 Å². The summed E-state index contributed by atoms with van der Waals surface area (Å²) in [5.74, 6) is -0.423. The van der Waals surface area contributed by atoms with Crippen LogP contribution in [0.1, 0.15) is 12.5 Å². The number of nitro benzene ring substituents is 1. The van der Waals surface area contributed by atoms with E-state index in [9.17, 15) is 15.2 Å². The molecule has 6 nitrogen and oxygen atoms in total. The molecule has 1 N–H and O–H groups in total. The first-order valence-corrected chi connectivity index (χ1v) is 4.14. The van der Waals surface area contributed by atoms with Crippen molar-refractivity contribution >= 4 is 5.69 Å². The molecule has 6 heteroatoms. The third kappa shape index (κ3) is 2.14. The quantitative estimate of drug-likeness (QED) is 0.600. The van der Waals surface area contributed by atoms with Crippen molar-refractivity contribution in [1.29, 1.82) is 5.26 Å². The van der Waals surface area contributed by atoms with Crippen molar-refractivity contribution < 1.29 is 14.8 Å². The van der Waals surface area contributed by atoms with Crippen molar-refractivity contribution in [3.8, 4) is 17.6 Å². The number of hydrogen-bond donors (Lipinski definition) is 1. The monoisotopic (exact) mass is 208 g/mol. The van der Waals surface area contributed by atoms with Gasteiger partial charge < -0.3 is 9.84 Å². The third-order valence-electron chi connectivity index (χ3n) is 1.69. The van der Waals surface area contributed by atoms with Crippen LogP contribution in [0.3, 0.4) is 0 Å². The summed E-state index contributed by atoms with van der Waals surface area (Å²) in [5.41, 5.74) is -0.458. The first kappa shape index (κ1) is 10.8. The molecule has 1 rings (SSSR count). The molecule has 78 valence electrons. The number of nitrogens with zero attached hydrogens (tertiary/aromatic N) is 2. The lowest BCUT2D eigenvalue weighted by atomic mass is 10.2. The molecule has 0 saturated heterocycles. The average Bonchev–Trinajstić information content (AvgIpc) is 2.21. The first-order valence-electron chi connectivity index (χ1n) is 4.14. The number of nitro groups is 1. The Labute approximate surface area is 85.5 Å². The zero-order valence-corrected chi connectivity index (χ0v) is 7.93. The number of hydrogen-bond acceptors (Lipinski definition) is 5. The molecular weight excluding hydrogens is 200 g/mol. The van der Waals surface area contributed by atoms with Crippen LogP contribution in [0.25, 0.3) is 0 Å². The van der Waals surface area contributed by atoms with Gasteiger partial charge in [-0.1, -0.05) is 0 Å². The third-order valence-corrected chi connectivity index (χ3v) is 1.69. The molecule has 0 aliphatic heterocycles. The number of non-ortho nitro benzene ring substituents is 1. The van der Waals surface area contributed by atoms with Crippen LogP contribution in [0.2, 0.25) is 0 Å². The fourth-order valence-electron chi connectivity index (χ4n) is 1.05. The van der Waals surface area contributed by atoms with E-state index in [1.807, 2.05) is 0 Å². The highest BCUT2D eigenvalue weighted by atomic mass is 16.6. The summed E-state index contributed by atoms with van der Waals surface area (Å²) in [6.07, 6.45) is 0. The van der Waals surface area contributed by atoms with Gasteiger partial charge in [0.2, 0.25) is 0 Å². The number of rotatable bonds is 3. The summed E-state index contributed by atoms with van der Waals surface area (Å²) >= 11 is 0. The summed E-state index contributed by atoms with van der Waals surface area (Å²) in [7, 11) is 0. The molecular formula is C9H8N2O4. The number of phenolic OH excluding ortho intramolecular Hbond substituents is 1. The van der Waals surface area contributed by atoms with Gasteiger partial charge in [-0.15, -0.1) is 0 Å². The van der Waals surface area contributed by atoms with Crippen LogP contribution in [-0.4, -0.2) is 16.6 Å². The SMILES string of the molecule is CCOc1cc([N+](=O)[O-])cc(C#N)c1O. The summed E-state index contributed by atoms with van der Waals surface area (Å²) in [6.45, 7) is 1.92. The Balaban J connectivity index is 3.33. The molecule has 0 aliphatic carbocycles. The number of aromatic hydroxyl groups is 1. The Morgan fingerprint density at radius 2 is 2.33 bits per heavy atom. The minimum absolute atomic E-state index is 0.0525. The van der Waals surface area contributed by atoms with E-state index in [-0.39, 0.29) is 29.4 Å². The normalized spacial score (nSPS) is 9.33. The predicted octanol–water partition coefficient (Wildman–Crippen LogP) is 1.57. The van der Waals surface area contributed by atoms with E-state index < -0.39 is 4.92 Å². The van der Waals surface area contributed by atoms with Crippen LogP contribution >= 0.6 is 0 Å². The van der Waals surface area contributed by atoms with Gasteiger partial charge >= 0.3 is 0 Å². The van der Waals surface area contributed by atoms with Gasteiger partial charge in [0.25, 0.3) is 5.69 Å². The molecule has 0 heterocycles. The van der Waals surface area contributed by atoms with Gasteiger partial charge in [-0.2, -0.15) is 5.26 Å². The maximum Gasteiger partial charge on any atom is 0.274 e. The van der Waals surface area contributed by atoms with E-state index in [4.69, 9.17) is 10.00 Å². The largest absolute Gasteiger partial charge is 0.503 e. The molecule has 0 aliphatic rings. The molecule has 0 bridgehead atoms. The van der Waals surface area contributed by atoms with Crippen molar-refractivity contribution in [1.82, 2.24) is 0 Å². The fourth-order valence-corrected chi connectivity index (χ4v) is 1.05. The second-order valence-electron chi connectivity index (χ2n) is 2.64. The predicted molar refractivity (Wildman–Crippen MR) is 50.6 cm³/mol. The zero-order chi connectivity index (χ0) is 11.4. The molecule has 0 fully saturated rings. The van der Waals surface area contributed by atoms with E-state index >= 15 is 0 Å². The first-order chi connectivity index (χ1) is 7.10. The van der Waals surface area contributed by atoms with Crippen LogP contribution in [0.15, 0.2) is 12.1 Å². The minimum Gasteiger partial charge on any atom is -0.503 e. The second kappa shape index (κ2) is 4.28. The topological polar surface area (TPSA) is 96.4 Å². The molecule has 0 aromatic heterocycles. The van der Waals surface area contributed by atoms with Gasteiger partial charge in [-0.3, -0.25) is 10.1 Å². The minimum atomic E-state index is -0.650. The zero-order valence-electron chi connectivity index (χ0n) is 7.93. The van der Waals surface area contributed by atoms with Gasteiger partial charge in [-0.25, -0.2) is 0 Å². The molecule has 0 amide bonds. The smallest absolute Gasteiger partial charge is 0.274 e. The van der Waals surface area contributed by atoms with E-state index in [0.717, 1.165) is 12.1 Å². The Kier molecular flexibility index (Phi) is 3.08. The van der Waals surface area contributed by atoms with E-state index in [0.29, 0.717) is 0 Å². The number of phenols is 1. The van der Waals surface area contributed by atoms with Crippen LogP contribution in [0.4, 0.5) is 5.69 Å². The van der Waals surface area contributed by atoms with Gasteiger partial charge in [-0.05, 0) is 6.92 Å². The number of ether oxygens (including phenoxy) is 1. The Hall–Kier alpha value is -2.29. The fraction of sp³-hybridized carbons (Fsp3) is 0.222. The molecule has 1 aromatic carbocycles. The van der Waals surface area contributed by atoms with Crippen LogP contribution in [0, 0.1) is 21.4 Å². The summed E-state index contributed by atoms with van der Waals surface area (Å²) in [4.78, 5) is 9.85. The van der Waals surface area contributed by atoms with Crippen LogP contribution in [-0.2, 0) is 0 Å². The molecule has 0 saturated carbocycles. The highest BCUT2D eigenvalue weighted by molar-refractivity contribution is 5.58. The Morgan fingerprint density at radius 3 is 2.80 bits per heavy atom. The van der Waals surface area contributed by atoms with E-state index in [2.05, 4.69) is 0 Å². The maximum atomic E-state index is 10.5. The van der Waals surface area contributed by atoms with E-state index in [1.165, 1.54) is 0 Å². The van der Waals surface area contributed by atoms with Crippen LogP contribution in [0.5, 0.6) is 11.5 Å². The van der Waals surface area contributed by atoms with Crippen molar-refractivity contribution in [3.05, 3.63) is 27.8 Å². The van der Waals surface area contributed by atoms with E-state index in [1.54, 1.807) is 13.0 Å². The van der Waals surface area contributed by atoms with Gasteiger partial charge in [0.05, 0.1) is 17.6 Å².